The van der Waals surface area contributed by atoms with Crippen LogP contribution in [0.25, 0.3) is 0 Å². The Labute approximate surface area is 186 Å². The van der Waals surface area contributed by atoms with Crippen molar-refractivity contribution in [1.29, 1.82) is 0 Å². The van der Waals surface area contributed by atoms with Gasteiger partial charge in [0.15, 0.2) is 0 Å². The number of fused-ring (bicyclic) bond motifs is 5. The Morgan fingerprint density at radius 2 is 1.67 bits per heavy atom. The Morgan fingerprint density at radius 1 is 0.900 bits per heavy atom. The summed E-state index contributed by atoms with van der Waals surface area (Å²) in [5.74, 6) is 5.42. The third kappa shape index (κ3) is 4.14. The smallest absolute Gasteiger partial charge is 0.0622 e. The number of methoxy groups -OCH3 is 1. The molecule has 30 heavy (non-hydrogen) atoms. The Bertz CT molecular complexity index is 585. The van der Waals surface area contributed by atoms with E-state index in [1.54, 1.807) is 0 Å². The van der Waals surface area contributed by atoms with Crippen molar-refractivity contribution in [3.8, 4) is 0 Å². The van der Waals surface area contributed by atoms with Crippen molar-refractivity contribution in [3.63, 3.8) is 0 Å². The van der Waals surface area contributed by atoms with Gasteiger partial charge in [0.1, 0.15) is 0 Å². The Kier molecular flexibility index (Phi) is 6.69. The van der Waals surface area contributed by atoms with Gasteiger partial charge in [-0.25, -0.2) is 0 Å². The first kappa shape index (κ1) is 23.1. The van der Waals surface area contributed by atoms with Crippen molar-refractivity contribution in [2.45, 2.75) is 117 Å². The zero-order valence-corrected chi connectivity index (χ0v) is 20.7. The van der Waals surface area contributed by atoms with Gasteiger partial charge in [-0.3, -0.25) is 0 Å². The summed E-state index contributed by atoms with van der Waals surface area (Å²) in [4.78, 5) is 0. The lowest BCUT2D eigenvalue weighted by molar-refractivity contribution is -0.146. The molecule has 0 heterocycles. The molecule has 0 aromatic rings. The van der Waals surface area contributed by atoms with Crippen LogP contribution in [0.3, 0.4) is 0 Å². The van der Waals surface area contributed by atoms with Crippen molar-refractivity contribution in [1.82, 2.24) is 0 Å². The Balaban J connectivity index is 1.38. The summed E-state index contributed by atoms with van der Waals surface area (Å²) >= 11 is 0. The first-order valence-electron chi connectivity index (χ1n) is 13.4. The molecule has 174 valence electrons. The van der Waals surface area contributed by atoms with Crippen LogP contribution in [-0.2, 0) is 4.74 Å². The van der Waals surface area contributed by atoms with Gasteiger partial charge in [-0.15, -0.1) is 0 Å². The van der Waals surface area contributed by atoms with E-state index < -0.39 is 5.60 Å². The van der Waals surface area contributed by atoms with Crippen LogP contribution in [0.15, 0.2) is 0 Å². The summed E-state index contributed by atoms with van der Waals surface area (Å²) in [6, 6.07) is 0. The van der Waals surface area contributed by atoms with Crippen molar-refractivity contribution in [2.24, 2.45) is 46.3 Å². The van der Waals surface area contributed by atoms with E-state index in [-0.39, 0.29) is 0 Å². The normalized spacial score (nSPS) is 49.2. The fraction of sp³-hybridized carbons (Fsp3) is 1.00. The van der Waals surface area contributed by atoms with Crippen LogP contribution < -0.4 is 0 Å². The molecule has 0 bridgehead atoms. The predicted octanol–water partition coefficient (Wildman–Crippen LogP) is 7.24. The highest BCUT2D eigenvalue weighted by molar-refractivity contribution is 5.10. The first-order chi connectivity index (χ1) is 14.2. The molecule has 2 heteroatoms. The van der Waals surface area contributed by atoms with E-state index in [1.165, 1.54) is 70.6 Å². The molecule has 4 aliphatic carbocycles. The third-order valence-electron chi connectivity index (χ3n) is 11.2. The number of aliphatic hydroxyl groups is 1. The number of rotatable bonds is 7. The van der Waals surface area contributed by atoms with Crippen LogP contribution in [0, 0.1) is 46.3 Å². The van der Waals surface area contributed by atoms with Crippen LogP contribution in [0.5, 0.6) is 0 Å². The van der Waals surface area contributed by atoms with Crippen LogP contribution >= 0.6 is 0 Å². The Hall–Kier alpha value is -0.0800. The van der Waals surface area contributed by atoms with Gasteiger partial charge in [0.2, 0.25) is 0 Å². The molecule has 4 rings (SSSR count). The molecule has 0 radical (unpaired) electrons. The molecule has 0 aromatic carbocycles. The summed E-state index contributed by atoms with van der Waals surface area (Å²) in [7, 11) is 1.83. The highest BCUT2D eigenvalue weighted by Crippen LogP contribution is 2.68. The third-order valence-corrected chi connectivity index (χ3v) is 11.2. The summed E-state index contributed by atoms with van der Waals surface area (Å²) in [6.07, 6.45) is 17.6. The minimum Gasteiger partial charge on any atom is -0.390 e. The quantitative estimate of drug-likeness (QED) is 0.472. The molecule has 0 aromatic heterocycles. The maximum absolute atomic E-state index is 10.7. The predicted molar refractivity (Wildman–Crippen MR) is 125 cm³/mol. The lowest BCUT2D eigenvalue weighted by atomic mass is 9.44. The topological polar surface area (TPSA) is 29.5 Å². The molecular weight excluding hydrogens is 368 g/mol. The number of hydrogen-bond donors (Lipinski definition) is 1. The molecule has 9 atom stereocenters. The fourth-order valence-corrected chi connectivity index (χ4v) is 9.19. The maximum atomic E-state index is 10.7. The number of hydrogen-bond acceptors (Lipinski definition) is 2. The monoisotopic (exact) mass is 418 g/mol. The van der Waals surface area contributed by atoms with E-state index in [2.05, 4.69) is 27.7 Å². The SMILES string of the molecule is COCCC(C)CCCC1CCC2C3CCC4C[C@@](C)(O)CCC4(C)C3CCC12C. The minimum absolute atomic E-state index is 0.404. The van der Waals surface area contributed by atoms with E-state index >= 15 is 0 Å². The van der Waals surface area contributed by atoms with Gasteiger partial charge < -0.3 is 9.84 Å². The van der Waals surface area contributed by atoms with Gasteiger partial charge in [0, 0.05) is 13.7 Å². The van der Waals surface area contributed by atoms with E-state index in [9.17, 15) is 5.11 Å². The highest BCUT2D eigenvalue weighted by Gasteiger charge is 2.60. The molecule has 8 unspecified atom stereocenters. The lowest BCUT2D eigenvalue weighted by Gasteiger charge is -2.62. The summed E-state index contributed by atoms with van der Waals surface area (Å²) < 4.78 is 5.27. The van der Waals surface area contributed by atoms with Crippen LogP contribution in [0.2, 0.25) is 0 Å². The van der Waals surface area contributed by atoms with Gasteiger partial charge in [-0.2, -0.15) is 0 Å². The summed E-state index contributed by atoms with van der Waals surface area (Å²) in [6.45, 7) is 10.7. The molecule has 0 aliphatic heterocycles. The molecule has 2 nitrogen and oxygen atoms in total. The molecule has 4 saturated carbocycles. The van der Waals surface area contributed by atoms with E-state index in [4.69, 9.17) is 4.74 Å². The van der Waals surface area contributed by atoms with Gasteiger partial charge in [-0.1, -0.05) is 33.6 Å². The van der Waals surface area contributed by atoms with E-state index in [1.807, 2.05) is 7.11 Å². The summed E-state index contributed by atoms with van der Waals surface area (Å²) in [5.41, 5.74) is 0.709. The van der Waals surface area contributed by atoms with Gasteiger partial charge in [0.25, 0.3) is 0 Å². The van der Waals surface area contributed by atoms with Crippen molar-refractivity contribution >= 4 is 0 Å². The van der Waals surface area contributed by atoms with Crippen LogP contribution in [-0.4, -0.2) is 24.4 Å². The van der Waals surface area contributed by atoms with Gasteiger partial charge in [0.05, 0.1) is 5.60 Å². The lowest BCUT2D eigenvalue weighted by Crippen LogP contribution is -2.55. The standard InChI is InChI=1S/C28H50O2/c1-20(14-18-30-5)7-6-8-21-10-12-24-23-11-9-22-19-26(2,29)16-17-28(22,4)25(23)13-15-27(21,24)3/h20-25,29H,6-19H2,1-5H3/t20?,21?,22?,23?,24?,25?,26-,27?,28?/m0/s1. The van der Waals surface area contributed by atoms with Crippen LogP contribution in [0.4, 0.5) is 0 Å². The Morgan fingerprint density at radius 3 is 2.43 bits per heavy atom. The molecular formula is C28H50O2. The second-order valence-electron chi connectivity index (χ2n) is 13.0. The van der Waals surface area contributed by atoms with E-state index in [0.717, 1.165) is 55.0 Å². The second-order valence-corrected chi connectivity index (χ2v) is 13.0. The molecule has 0 spiro atoms. The molecule has 0 saturated heterocycles. The van der Waals surface area contributed by atoms with Gasteiger partial charge in [-0.05, 0) is 124 Å². The first-order valence-corrected chi connectivity index (χ1v) is 13.4. The van der Waals surface area contributed by atoms with Gasteiger partial charge >= 0.3 is 0 Å². The molecule has 4 aliphatic rings. The molecule has 4 fully saturated rings. The van der Waals surface area contributed by atoms with E-state index in [0.29, 0.717) is 10.8 Å². The number of ether oxygens (including phenoxy) is 1. The fourth-order valence-electron chi connectivity index (χ4n) is 9.19. The van der Waals surface area contributed by atoms with Crippen LogP contribution in [0.1, 0.15) is 111 Å². The summed E-state index contributed by atoms with van der Waals surface area (Å²) in [5, 5.41) is 10.7. The second kappa shape index (κ2) is 8.69. The molecule has 0 amide bonds. The largest absolute Gasteiger partial charge is 0.390 e. The van der Waals surface area contributed by atoms with Crippen molar-refractivity contribution in [2.75, 3.05) is 13.7 Å². The average Bonchev–Trinajstić information content (AvgIpc) is 3.03. The zero-order valence-electron chi connectivity index (χ0n) is 20.7. The highest BCUT2D eigenvalue weighted by atomic mass is 16.5. The maximum Gasteiger partial charge on any atom is 0.0622 e. The average molecular weight is 419 g/mol. The van der Waals surface area contributed by atoms with Crippen molar-refractivity contribution < 1.29 is 9.84 Å². The molecule has 1 N–H and O–H groups in total. The zero-order chi connectivity index (χ0) is 21.6. The van der Waals surface area contributed by atoms with Crippen molar-refractivity contribution in [3.05, 3.63) is 0 Å². The minimum atomic E-state index is -0.404.